The lowest BCUT2D eigenvalue weighted by Crippen LogP contribution is -2.36. The third-order valence-electron chi connectivity index (χ3n) is 1.16. The number of esters is 1. The highest BCUT2D eigenvalue weighted by molar-refractivity contribution is 5.76. The molecule has 3 N–H and O–H groups in total. The number of nitroso groups, excluding NO2 is 1. The van der Waals surface area contributed by atoms with Gasteiger partial charge in [0, 0.05) is 6.92 Å². The molecule has 0 aromatic rings. The van der Waals surface area contributed by atoms with Crippen LogP contribution in [0.5, 0.6) is 0 Å². The SMILES string of the molecule is CC(=O)OCCN(N=O)/C(N)=N/[N+](=O)O. The molecule has 0 spiro atoms. The number of nitrogens with zero attached hydrogens (tertiary/aromatic N) is 4. The molecule has 0 aliphatic carbocycles. The molecule has 0 unspecified atom stereocenters. The molecule has 10 nitrogen and oxygen atoms in total. The summed E-state index contributed by atoms with van der Waals surface area (Å²) in [6.07, 6.45) is 0. The Labute approximate surface area is 83.8 Å². The van der Waals surface area contributed by atoms with E-state index in [0.717, 1.165) is 0 Å². The van der Waals surface area contributed by atoms with E-state index in [0.29, 0.717) is 5.01 Å². The molecule has 0 rings (SSSR count). The smallest absolute Gasteiger partial charge is 0.391 e. The first-order valence-electron chi connectivity index (χ1n) is 3.71. The van der Waals surface area contributed by atoms with Crippen LogP contribution in [0.1, 0.15) is 6.92 Å². The van der Waals surface area contributed by atoms with E-state index >= 15 is 0 Å². The molecule has 10 heteroatoms. The molecule has 84 valence electrons. The van der Waals surface area contributed by atoms with E-state index in [-0.39, 0.29) is 13.2 Å². The summed E-state index contributed by atoms with van der Waals surface area (Å²) in [7, 11) is 0. The molecule has 0 aromatic heterocycles. The molecule has 0 fully saturated rings. The fourth-order valence-electron chi connectivity index (χ4n) is 0.612. The van der Waals surface area contributed by atoms with Crippen LogP contribution in [-0.2, 0) is 9.53 Å². The van der Waals surface area contributed by atoms with E-state index in [2.05, 4.69) is 15.1 Å². The Kier molecular flexibility index (Phi) is 5.29. The van der Waals surface area contributed by atoms with Crippen LogP contribution in [0.15, 0.2) is 10.4 Å². The van der Waals surface area contributed by atoms with Gasteiger partial charge in [0.2, 0.25) is 0 Å². The minimum Gasteiger partial charge on any atom is -0.464 e. The second-order valence-corrected chi connectivity index (χ2v) is 2.26. The molecular formula is C5H10N5O5+. The average molecular weight is 220 g/mol. The molecular weight excluding hydrogens is 210 g/mol. The minimum absolute atomic E-state index is 0.151. The van der Waals surface area contributed by atoms with Crippen LogP contribution in [0.4, 0.5) is 0 Å². The zero-order valence-electron chi connectivity index (χ0n) is 7.86. The molecule has 0 saturated carbocycles. The molecule has 0 radical (unpaired) electrons. The maximum atomic E-state index is 10.4. The van der Waals surface area contributed by atoms with Gasteiger partial charge in [-0.15, -0.1) is 4.91 Å². The van der Waals surface area contributed by atoms with Gasteiger partial charge in [0.15, 0.2) is 0 Å². The monoisotopic (exact) mass is 220 g/mol. The first-order valence-corrected chi connectivity index (χ1v) is 3.71. The number of hydrazone groups is 1. The van der Waals surface area contributed by atoms with Gasteiger partial charge in [0.1, 0.15) is 16.6 Å². The number of hydrogen-bond donors (Lipinski definition) is 2. The number of carbonyl (C=O) groups excluding carboxylic acids is 1. The van der Waals surface area contributed by atoms with Crippen molar-refractivity contribution < 1.29 is 19.8 Å². The molecule has 0 aliphatic heterocycles. The predicted molar refractivity (Wildman–Crippen MR) is 46.2 cm³/mol. The number of ether oxygens (including phenoxy) is 1. The van der Waals surface area contributed by atoms with Gasteiger partial charge in [0.25, 0.3) is 5.96 Å². The summed E-state index contributed by atoms with van der Waals surface area (Å²) in [4.78, 5) is 30.5. The quantitative estimate of drug-likeness (QED) is 0.198. The first kappa shape index (κ1) is 12.7. The van der Waals surface area contributed by atoms with Gasteiger partial charge in [-0.05, 0) is 0 Å². The summed E-state index contributed by atoms with van der Waals surface area (Å²) in [5.41, 5.74) is 5.09. The Balaban J connectivity index is 4.19. The van der Waals surface area contributed by atoms with Crippen molar-refractivity contribution in [3.8, 4) is 0 Å². The normalized spacial score (nSPS) is 10.6. The number of carbonyl (C=O) groups is 1. The Bertz CT molecular complexity index is 290. The summed E-state index contributed by atoms with van der Waals surface area (Å²) in [5, 5.41) is 13.0. The van der Waals surface area contributed by atoms with Crippen molar-refractivity contribution >= 4 is 11.9 Å². The zero-order chi connectivity index (χ0) is 11.8. The molecule has 0 saturated heterocycles. The number of hydrogen-bond acceptors (Lipinski definition) is 5. The van der Waals surface area contributed by atoms with Crippen molar-refractivity contribution in [1.82, 2.24) is 5.01 Å². The topological polar surface area (TPSA) is 138 Å². The summed E-state index contributed by atoms with van der Waals surface area (Å²) >= 11 is 0. The molecule has 0 heterocycles. The fourth-order valence-corrected chi connectivity index (χ4v) is 0.612. The largest absolute Gasteiger partial charge is 0.464 e. The van der Waals surface area contributed by atoms with Crippen LogP contribution in [0.2, 0.25) is 0 Å². The van der Waals surface area contributed by atoms with Crippen molar-refractivity contribution in [2.45, 2.75) is 6.92 Å². The average Bonchev–Trinajstić information content (AvgIpc) is 2.10. The summed E-state index contributed by atoms with van der Waals surface area (Å²) in [5.74, 6) is -1.15. The van der Waals surface area contributed by atoms with E-state index in [1.807, 2.05) is 0 Å². The summed E-state index contributed by atoms with van der Waals surface area (Å²) in [6, 6.07) is 0. The van der Waals surface area contributed by atoms with E-state index in [1.165, 1.54) is 6.92 Å². The van der Waals surface area contributed by atoms with Crippen molar-refractivity contribution in [3.05, 3.63) is 9.81 Å². The second-order valence-electron chi connectivity index (χ2n) is 2.26. The lowest BCUT2D eigenvalue weighted by Gasteiger charge is -2.10. The van der Waals surface area contributed by atoms with Gasteiger partial charge in [-0.25, -0.2) is 5.21 Å². The first-order chi connectivity index (χ1) is 6.97. The zero-order valence-corrected chi connectivity index (χ0v) is 7.86. The van der Waals surface area contributed by atoms with Gasteiger partial charge in [0.05, 0.1) is 11.8 Å². The lowest BCUT2D eigenvalue weighted by atomic mass is 10.6. The molecule has 15 heavy (non-hydrogen) atoms. The Morgan fingerprint density at radius 2 is 2.27 bits per heavy atom. The van der Waals surface area contributed by atoms with Crippen LogP contribution in [0, 0.1) is 9.81 Å². The van der Waals surface area contributed by atoms with E-state index in [9.17, 15) is 14.6 Å². The number of rotatable bonds is 5. The van der Waals surface area contributed by atoms with Gasteiger partial charge in [-0.2, -0.15) is 5.01 Å². The van der Waals surface area contributed by atoms with Crippen molar-refractivity contribution in [2.24, 2.45) is 16.1 Å². The van der Waals surface area contributed by atoms with Crippen LogP contribution < -0.4 is 5.73 Å². The summed E-state index contributed by atoms with van der Waals surface area (Å²) < 4.78 is 4.49. The van der Waals surface area contributed by atoms with Crippen LogP contribution >= 0.6 is 0 Å². The Morgan fingerprint density at radius 1 is 1.67 bits per heavy atom. The molecule has 0 bridgehead atoms. The van der Waals surface area contributed by atoms with Crippen molar-refractivity contribution in [2.75, 3.05) is 13.2 Å². The maximum Gasteiger partial charge on any atom is 0.391 e. The highest BCUT2D eigenvalue weighted by atomic mass is 16.7. The third-order valence-corrected chi connectivity index (χ3v) is 1.16. The van der Waals surface area contributed by atoms with Crippen molar-refractivity contribution in [1.29, 1.82) is 0 Å². The molecule has 0 atom stereocenters. The van der Waals surface area contributed by atoms with Gasteiger partial charge < -0.3 is 10.5 Å². The highest BCUT2D eigenvalue weighted by Crippen LogP contribution is 1.90. The molecule has 0 amide bonds. The Hall–Kier alpha value is -2.26. The van der Waals surface area contributed by atoms with E-state index < -0.39 is 17.0 Å². The number of nitrogens with two attached hydrogens (primary N) is 1. The maximum absolute atomic E-state index is 10.4. The third kappa shape index (κ3) is 5.90. The standard InChI is InChI=1S/C5H10N5O5/c1-4(11)15-3-2-9(8-12)5(6)7-10(13)14/h2-3H2,1H3,(H2,6,7)(H,13,14)/q+1. The minimum atomic E-state index is -0.820. The summed E-state index contributed by atoms with van der Waals surface area (Å²) in [6.45, 7) is 0.858. The molecule has 0 aromatic carbocycles. The second kappa shape index (κ2) is 6.23. The van der Waals surface area contributed by atoms with Crippen LogP contribution in [-0.4, -0.2) is 40.3 Å². The predicted octanol–water partition coefficient (Wildman–Crippen LogP) is -1.07. The van der Waals surface area contributed by atoms with Crippen LogP contribution in [0.3, 0.4) is 0 Å². The Morgan fingerprint density at radius 3 is 2.67 bits per heavy atom. The van der Waals surface area contributed by atoms with Crippen LogP contribution in [0.25, 0.3) is 0 Å². The van der Waals surface area contributed by atoms with Gasteiger partial charge in [-0.3, -0.25) is 4.79 Å². The van der Waals surface area contributed by atoms with E-state index in [1.54, 1.807) is 0 Å². The van der Waals surface area contributed by atoms with Crippen molar-refractivity contribution in [3.63, 3.8) is 0 Å². The number of guanidine groups is 1. The van der Waals surface area contributed by atoms with E-state index in [4.69, 9.17) is 10.9 Å². The lowest BCUT2D eigenvalue weighted by molar-refractivity contribution is -0.796. The van der Waals surface area contributed by atoms with Gasteiger partial charge >= 0.3 is 11.0 Å². The fraction of sp³-hybridized carbons (Fsp3) is 0.600. The molecule has 0 aliphatic rings. The highest BCUT2D eigenvalue weighted by Gasteiger charge is 2.14. The van der Waals surface area contributed by atoms with Gasteiger partial charge in [-0.1, -0.05) is 0 Å².